The molecule has 0 bridgehead atoms. The number of ether oxygens (including phenoxy) is 1. The van der Waals surface area contributed by atoms with Crippen LogP contribution in [-0.2, 0) is 11.3 Å². The maximum absolute atomic E-state index is 11.8. The SMILES string of the molecule is C=CC(COC/C=[N+](/[O-])Cc1ccccc1)c1ccccc1. The Balaban J connectivity index is 1.78. The molecule has 0 spiro atoms. The molecule has 0 aromatic heterocycles. The molecule has 0 aliphatic heterocycles. The molecule has 0 aliphatic rings. The summed E-state index contributed by atoms with van der Waals surface area (Å²) in [6.07, 6.45) is 3.40. The van der Waals surface area contributed by atoms with Gasteiger partial charge in [-0.15, -0.1) is 6.58 Å². The first-order chi connectivity index (χ1) is 10.8. The maximum atomic E-state index is 11.8. The fourth-order valence-corrected chi connectivity index (χ4v) is 2.16. The third-order valence-electron chi connectivity index (χ3n) is 3.39. The summed E-state index contributed by atoms with van der Waals surface area (Å²) < 4.78 is 6.48. The molecule has 2 rings (SSSR count). The minimum Gasteiger partial charge on any atom is -0.624 e. The maximum Gasteiger partial charge on any atom is 0.178 e. The summed E-state index contributed by atoms with van der Waals surface area (Å²) in [5.74, 6) is 0.142. The first kappa shape index (κ1) is 16.0. The molecule has 0 saturated heterocycles. The van der Waals surface area contributed by atoms with Crippen LogP contribution in [0.3, 0.4) is 0 Å². The highest BCUT2D eigenvalue weighted by Crippen LogP contribution is 2.16. The molecule has 22 heavy (non-hydrogen) atoms. The first-order valence-electron chi connectivity index (χ1n) is 7.36. The van der Waals surface area contributed by atoms with E-state index in [-0.39, 0.29) is 5.92 Å². The molecule has 0 radical (unpaired) electrons. The Kier molecular flexibility index (Phi) is 6.39. The van der Waals surface area contributed by atoms with Gasteiger partial charge in [0.25, 0.3) is 0 Å². The molecule has 114 valence electrons. The van der Waals surface area contributed by atoms with Crippen LogP contribution >= 0.6 is 0 Å². The summed E-state index contributed by atoms with van der Waals surface area (Å²) >= 11 is 0. The van der Waals surface area contributed by atoms with Crippen molar-refractivity contribution in [3.8, 4) is 0 Å². The van der Waals surface area contributed by atoms with Gasteiger partial charge in [0.15, 0.2) is 12.8 Å². The average Bonchev–Trinajstić information content (AvgIpc) is 2.56. The van der Waals surface area contributed by atoms with Crippen molar-refractivity contribution in [3.05, 3.63) is 89.7 Å². The summed E-state index contributed by atoms with van der Waals surface area (Å²) in [6.45, 7) is 5.00. The van der Waals surface area contributed by atoms with Gasteiger partial charge in [0.05, 0.1) is 6.61 Å². The van der Waals surface area contributed by atoms with Crippen molar-refractivity contribution in [1.29, 1.82) is 0 Å². The van der Waals surface area contributed by atoms with Gasteiger partial charge in [-0.2, -0.15) is 0 Å². The molecule has 2 aromatic rings. The lowest BCUT2D eigenvalue weighted by Gasteiger charge is -2.12. The Morgan fingerprint density at radius 2 is 1.68 bits per heavy atom. The number of hydrogen-bond acceptors (Lipinski definition) is 2. The Hall–Kier alpha value is -2.39. The predicted octanol–water partition coefficient (Wildman–Crippen LogP) is 3.75. The lowest BCUT2D eigenvalue weighted by molar-refractivity contribution is -0.471. The largest absolute Gasteiger partial charge is 0.624 e. The number of hydrogen-bond donors (Lipinski definition) is 0. The van der Waals surface area contributed by atoms with Gasteiger partial charge < -0.3 is 9.94 Å². The van der Waals surface area contributed by atoms with Crippen LogP contribution in [0.2, 0.25) is 0 Å². The molecular weight excluding hydrogens is 274 g/mol. The van der Waals surface area contributed by atoms with Crippen LogP contribution in [0.1, 0.15) is 17.0 Å². The fraction of sp³-hybridized carbons (Fsp3) is 0.211. The van der Waals surface area contributed by atoms with Gasteiger partial charge in [-0.3, -0.25) is 0 Å². The lowest BCUT2D eigenvalue weighted by Crippen LogP contribution is -2.12. The molecule has 0 saturated carbocycles. The highest BCUT2D eigenvalue weighted by molar-refractivity contribution is 5.52. The van der Waals surface area contributed by atoms with E-state index in [9.17, 15) is 5.21 Å². The van der Waals surface area contributed by atoms with E-state index in [1.807, 2.05) is 54.6 Å². The number of rotatable bonds is 8. The van der Waals surface area contributed by atoms with Crippen LogP contribution in [0.25, 0.3) is 0 Å². The van der Waals surface area contributed by atoms with Crippen molar-refractivity contribution in [2.45, 2.75) is 12.5 Å². The highest BCUT2D eigenvalue weighted by Gasteiger charge is 2.07. The topological polar surface area (TPSA) is 35.3 Å². The Morgan fingerprint density at radius 3 is 2.32 bits per heavy atom. The van der Waals surface area contributed by atoms with E-state index < -0.39 is 0 Å². The number of benzene rings is 2. The summed E-state index contributed by atoms with van der Waals surface area (Å²) in [6, 6.07) is 19.7. The third-order valence-corrected chi connectivity index (χ3v) is 3.39. The molecule has 3 nitrogen and oxygen atoms in total. The summed E-state index contributed by atoms with van der Waals surface area (Å²) in [5, 5.41) is 11.8. The second-order valence-corrected chi connectivity index (χ2v) is 5.03. The van der Waals surface area contributed by atoms with Gasteiger partial charge in [-0.1, -0.05) is 66.7 Å². The molecule has 1 atom stereocenters. The van der Waals surface area contributed by atoms with Crippen molar-refractivity contribution in [2.24, 2.45) is 0 Å². The molecule has 0 heterocycles. The van der Waals surface area contributed by atoms with Crippen molar-refractivity contribution >= 4 is 6.21 Å². The number of hydroxylamine groups is 1. The van der Waals surface area contributed by atoms with Crippen LogP contribution in [0.5, 0.6) is 0 Å². The molecule has 0 N–H and O–H groups in total. The van der Waals surface area contributed by atoms with Gasteiger partial charge in [-0.25, -0.2) is 4.74 Å². The van der Waals surface area contributed by atoms with E-state index in [0.29, 0.717) is 19.8 Å². The standard InChI is InChI=1S/C19H21NO2/c1-2-18(19-11-7-4-8-12-19)16-22-14-13-20(21)15-17-9-5-3-6-10-17/h2-13,18H,1,14-16H2/b20-13+. The van der Waals surface area contributed by atoms with Crippen molar-refractivity contribution in [2.75, 3.05) is 13.2 Å². The molecule has 0 fully saturated rings. The molecule has 1 unspecified atom stereocenters. The van der Waals surface area contributed by atoms with Crippen LogP contribution in [0.15, 0.2) is 73.3 Å². The zero-order valence-corrected chi connectivity index (χ0v) is 12.6. The van der Waals surface area contributed by atoms with Crippen LogP contribution < -0.4 is 0 Å². The normalized spacial score (nSPS) is 12.8. The summed E-state index contributed by atoms with van der Waals surface area (Å²) in [5.41, 5.74) is 2.16. The zero-order valence-electron chi connectivity index (χ0n) is 12.6. The van der Waals surface area contributed by atoms with E-state index in [0.717, 1.165) is 10.3 Å². The molecular formula is C19H21NO2. The zero-order chi connectivity index (χ0) is 15.6. The second kappa shape index (κ2) is 8.80. The smallest absolute Gasteiger partial charge is 0.178 e. The van der Waals surface area contributed by atoms with E-state index in [1.54, 1.807) is 0 Å². The molecule has 3 heteroatoms. The monoisotopic (exact) mass is 295 g/mol. The van der Waals surface area contributed by atoms with E-state index in [1.165, 1.54) is 11.8 Å². The molecule has 2 aromatic carbocycles. The average molecular weight is 295 g/mol. The highest BCUT2D eigenvalue weighted by atomic mass is 16.5. The summed E-state index contributed by atoms with van der Waals surface area (Å²) in [4.78, 5) is 0. The van der Waals surface area contributed by atoms with Gasteiger partial charge >= 0.3 is 0 Å². The predicted molar refractivity (Wildman–Crippen MR) is 90.0 cm³/mol. The lowest BCUT2D eigenvalue weighted by atomic mass is 10.0. The minimum absolute atomic E-state index is 0.142. The molecule has 0 aliphatic carbocycles. The van der Waals surface area contributed by atoms with Gasteiger partial charge in [0.1, 0.15) is 6.61 Å². The van der Waals surface area contributed by atoms with Crippen molar-refractivity contribution < 1.29 is 9.48 Å². The van der Waals surface area contributed by atoms with Crippen molar-refractivity contribution in [3.63, 3.8) is 0 Å². The molecule has 0 amide bonds. The van der Waals surface area contributed by atoms with E-state index in [4.69, 9.17) is 4.74 Å². The van der Waals surface area contributed by atoms with Crippen LogP contribution in [0.4, 0.5) is 0 Å². The summed E-state index contributed by atoms with van der Waals surface area (Å²) in [7, 11) is 0. The quantitative estimate of drug-likeness (QED) is 0.186. The fourth-order valence-electron chi connectivity index (χ4n) is 2.16. The van der Waals surface area contributed by atoms with E-state index >= 15 is 0 Å². The Labute approximate surface area is 131 Å². The van der Waals surface area contributed by atoms with Crippen molar-refractivity contribution in [1.82, 2.24) is 0 Å². The van der Waals surface area contributed by atoms with Gasteiger partial charge in [-0.05, 0) is 5.56 Å². The van der Waals surface area contributed by atoms with Crippen LogP contribution in [0, 0.1) is 5.21 Å². The minimum atomic E-state index is 0.142. The van der Waals surface area contributed by atoms with Crippen LogP contribution in [-0.4, -0.2) is 24.2 Å². The Bertz CT molecular complexity index is 593. The van der Waals surface area contributed by atoms with Gasteiger partial charge in [0, 0.05) is 11.5 Å². The Morgan fingerprint density at radius 1 is 1.05 bits per heavy atom. The second-order valence-electron chi connectivity index (χ2n) is 5.03. The first-order valence-corrected chi connectivity index (χ1v) is 7.36. The van der Waals surface area contributed by atoms with Gasteiger partial charge in [0.2, 0.25) is 0 Å². The third kappa shape index (κ3) is 5.19. The number of nitrogens with zero attached hydrogens (tertiary/aromatic N) is 1. The van der Waals surface area contributed by atoms with E-state index in [2.05, 4.69) is 18.7 Å².